The van der Waals surface area contributed by atoms with Crippen LogP contribution >= 0.6 is 0 Å². The van der Waals surface area contributed by atoms with E-state index >= 15 is 0 Å². The predicted molar refractivity (Wildman–Crippen MR) is 75.3 cm³/mol. The Morgan fingerprint density at radius 1 is 0.950 bits per heavy atom. The molecule has 2 rings (SSSR count). The first-order chi connectivity index (χ1) is 9.40. The van der Waals surface area contributed by atoms with Crippen molar-refractivity contribution in [3.05, 3.63) is 47.5 Å². The van der Waals surface area contributed by atoms with Crippen LogP contribution in [0.2, 0.25) is 0 Å². The lowest BCUT2D eigenvalue weighted by molar-refractivity contribution is 0.0992. The first kappa shape index (κ1) is 13.7. The maximum atomic E-state index is 12.3. The van der Waals surface area contributed by atoms with E-state index in [2.05, 4.69) is 0 Å². The highest BCUT2D eigenvalue weighted by Gasteiger charge is 2.15. The van der Waals surface area contributed by atoms with E-state index < -0.39 is 0 Å². The average molecular weight is 273 g/mol. The van der Waals surface area contributed by atoms with Gasteiger partial charge in [0.05, 0.1) is 0 Å². The second-order valence-corrected chi connectivity index (χ2v) is 4.54. The van der Waals surface area contributed by atoms with Crippen molar-refractivity contribution in [2.75, 3.05) is 11.9 Å². The average Bonchev–Trinajstić information content (AvgIpc) is 2.43. The molecule has 3 N–H and O–H groups in total. The monoisotopic (exact) mass is 273 g/mol. The van der Waals surface area contributed by atoms with E-state index in [1.165, 1.54) is 29.2 Å². The predicted octanol–water partition coefficient (Wildman–Crippen LogP) is 2.39. The van der Waals surface area contributed by atoms with Crippen LogP contribution < -0.4 is 4.90 Å². The van der Waals surface area contributed by atoms with Gasteiger partial charge in [0.2, 0.25) is 0 Å². The summed E-state index contributed by atoms with van der Waals surface area (Å²) in [6, 6.07) is 8.73. The summed E-state index contributed by atoms with van der Waals surface area (Å²) in [5.41, 5.74) is 1.54. The Hall–Kier alpha value is -2.69. The van der Waals surface area contributed by atoms with Gasteiger partial charge in [-0.2, -0.15) is 0 Å². The number of hydrogen-bond acceptors (Lipinski definition) is 4. The molecule has 0 radical (unpaired) electrons. The molecule has 0 fully saturated rings. The molecule has 0 atom stereocenters. The molecular formula is C15H15NO4. The van der Waals surface area contributed by atoms with E-state index in [1.54, 1.807) is 26.1 Å². The number of aryl methyl sites for hydroxylation is 1. The normalized spacial score (nSPS) is 10.3. The molecule has 0 aromatic heterocycles. The number of hydrogen-bond donors (Lipinski definition) is 3. The molecule has 2 aromatic rings. The molecule has 0 bridgehead atoms. The van der Waals surface area contributed by atoms with Gasteiger partial charge in [-0.05, 0) is 48.9 Å². The smallest absolute Gasteiger partial charge is 0.258 e. The summed E-state index contributed by atoms with van der Waals surface area (Å²) < 4.78 is 0. The second kappa shape index (κ2) is 5.13. The number of rotatable bonds is 2. The fraction of sp³-hybridized carbons (Fsp3) is 0.133. The molecule has 0 heterocycles. The minimum Gasteiger partial charge on any atom is -0.508 e. The van der Waals surface area contributed by atoms with Crippen LogP contribution in [0.25, 0.3) is 0 Å². The first-order valence-corrected chi connectivity index (χ1v) is 6.00. The highest BCUT2D eigenvalue weighted by atomic mass is 16.3. The van der Waals surface area contributed by atoms with Crippen LogP contribution in [0.4, 0.5) is 5.69 Å². The SMILES string of the molecule is Cc1cc(N(C)C(=O)c2ccc(O)c(O)c2)ccc1O. The molecule has 0 aliphatic carbocycles. The zero-order valence-electron chi connectivity index (χ0n) is 11.2. The molecule has 104 valence electrons. The van der Waals surface area contributed by atoms with Gasteiger partial charge in [-0.25, -0.2) is 0 Å². The Morgan fingerprint density at radius 3 is 2.20 bits per heavy atom. The number of phenols is 3. The van der Waals surface area contributed by atoms with Crippen molar-refractivity contribution in [2.45, 2.75) is 6.92 Å². The number of carbonyl (C=O) groups is 1. The van der Waals surface area contributed by atoms with E-state index in [1.807, 2.05) is 0 Å². The fourth-order valence-electron chi connectivity index (χ4n) is 1.82. The van der Waals surface area contributed by atoms with Gasteiger partial charge in [0.25, 0.3) is 5.91 Å². The molecule has 5 heteroatoms. The Morgan fingerprint density at radius 2 is 1.60 bits per heavy atom. The third-order valence-corrected chi connectivity index (χ3v) is 3.09. The quantitative estimate of drug-likeness (QED) is 0.734. The molecule has 0 aliphatic heterocycles. The minimum absolute atomic E-state index is 0.164. The summed E-state index contributed by atoms with van der Waals surface area (Å²) in [5.74, 6) is -0.780. The van der Waals surface area contributed by atoms with Gasteiger partial charge in [-0.15, -0.1) is 0 Å². The summed E-state index contributed by atoms with van der Waals surface area (Å²) in [6.45, 7) is 1.74. The summed E-state index contributed by atoms with van der Waals surface area (Å²) in [7, 11) is 1.60. The van der Waals surface area contributed by atoms with Crippen molar-refractivity contribution in [1.29, 1.82) is 0 Å². The lowest BCUT2D eigenvalue weighted by Crippen LogP contribution is -2.26. The van der Waals surface area contributed by atoms with Crippen molar-refractivity contribution in [1.82, 2.24) is 0 Å². The summed E-state index contributed by atoms with van der Waals surface area (Å²) in [4.78, 5) is 13.7. The maximum absolute atomic E-state index is 12.3. The van der Waals surface area contributed by atoms with Crippen molar-refractivity contribution < 1.29 is 20.1 Å². The number of benzene rings is 2. The lowest BCUT2D eigenvalue weighted by Gasteiger charge is -2.18. The van der Waals surface area contributed by atoms with Crippen LogP contribution in [-0.2, 0) is 0 Å². The van der Waals surface area contributed by atoms with Crippen LogP contribution in [0.5, 0.6) is 17.2 Å². The standard InChI is InChI=1S/C15H15NO4/c1-9-7-11(4-6-12(9)17)16(2)15(20)10-3-5-13(18)14(19)8-10/h3-8,17-19H,1-2H3. The number of anilines is 1. The van der Waals surface area contributed by atoms with Crippen molar-refractivity contribution in [3.8, 4) is 17.2 Å². The van der Waals surface area contributed by atoms with E-state index in [4.69, 9.17) is 0 Å². The third-order valence-electron chi connectivity index (χ3n) is 3.09. The van der Waals surface area contributed by atoms with E-state index in [-0.39, 0.29) is 28.7 Å². The molecule has 0 saturated heterocycles. The maximum Gasteiger partial charge on any atom is 0.258 e. The van der Waals surface area contributed by atoms with Gasteiger partial charge in [0, 0.05) is 18.3 Å². The topological polar surface area (TPSA) is 81.0 Å². The number of nitrogens with zero attached hydrogens (tertiary/aromatic N) is 1. The highest BCUT2D eigenvalue weighted by Crippen LogP contribution is 2.27. The number of aromatic hydroxyl groups is 3. The molecule has 0 unspecified atom stereocenters. The van der Waals surface area contributed by atoms with E-state index in [0.29, 0.717) is 11.3 Å². The molecule has 2 aromatic carbocycles. The van der Waals surface area contributed by atoms with Gasteiger partial charge >= 0.3 is 0 Å². The summed E-state index contributed by atoms with van der Waals surface area (Å²) in [5, 5.41) is 28.2. The highest BCUT2D eigenvalue weighted by molar-refractivity contribution is 6.06. The molecule has 20 heavy (non-hydrogen) atoms. The zero-order valence-corrected chi connectivity index (χ0v) is 11.2. The Kier molecular flexibility index (Phi) is 3.52. The lowest BCUT2D eigenvalue weighted by atomic mass is 10.1. The fourth-order valence-corrected chi connectivity index (χ4v) is 1.82. The van der Waals surface area contributed by atoms with Gasteiger partial charge in [0.1, 0.15) is 5.75 Å². The Labute approximate surface area is 116 Å². The number of carbonyl (C=O) groups excluding carboxylic acids is 1. The van der Waals surface area contributed by atoms with Crippen LogP contribution in [0, 0.1) is 6.92 Å². The van der Waals surface area contributed by atoms with Crippen molar-refractivity contribution >= 4 is 11.6 Å². The number of amides is 1. The molecule has 0 spiro atoms. The Bertz CT molecular complexity index is 667. The molecule has 0 aliphatic rings. The zero-order chi connectivity index (χ0) is 14.9. The van der Waals surface area contributed by atoms with Crippen LogP contribution in [0.15, 0.2) is 36.4 Å². The molecule has 0 saturated carbocycles. The largest absolute Gasteiger partial charge is 0.508 e. The van der Waals surface area contributed by atoms with Crippen molar-refractivity contribution in [3.63, 3.8) is 0 Å². The first-order valence-electron chi connectivity index (χ1n) is 6.00. The summed E-state index contributed by atoms with van der Waals surface area (Å²) in [6.07, 6.45) is 0. The van der Waals surface area contributed by atoms with Crippen LogP contribution in [0.3, 0.4) is 0 Å². The molecule has 1 amide bonds. The van der Waals surface area contributed by atoms with Gasteiger partial charge in [-0.1, -0.05) is 0 Å². The molecule has 5 nitrogen and oxygen atoms in total. The second-order valence-electron chi connectivity index (χ2n) is 4.54. The number of phenolic OH excluding ortho intramolecular Hbond substituents is 3. The van der Waals surface area contributed by atoms with Crippen LogP contribution in [-0.4, -0.2) is 28.3 Å². The third kappa shape index (κ3) is 2.51. The van der Waals surface area contributed by atoms with Gasteiger partial charge < -0.3 is 20.2 Å². The summed E-state index contributed by atoms with van der Waals surface area (Å²) >= 11 is 0. The molecular weight excluding hydrogens is 258 g/mol. The van der Waals surface area contributed by atoms with Crippen LogP contribution in [0.1, 0.15) is 15.9 Å². The van der Waals surface area contributed by atoms with Gasteiger partial charge in [0.15, 0.2) is 11.5 Å². The van der Waals surface area contributed by atoms with Crippen molar-refractivity contribution in [2.24, 2.45) is 0 Å². The van der Waals surface area contributed by atoms with Gasteiger partial charge in [-0.3, -0.25) is 4.79 Å². The minimum atomic E-state index is -0.342. The van der Waals surface area contributed by atoms with E-state index in [9.17, 15) is 20.1 Å². The Balaban J connectivity index is 2.32. The van der Waals surface area contributed by atoms with E-state index in [0.717, 1.165) is 0 Å².